The summed E-state index contributed by atoms with van der Waals surface area (Å²) < 4.78 is 42.4. The summed E-state index contributed by atoms with van der Waals surface area (Å²) in [5.74, 6) is -1.54. The maximum Gasteiger partial charge on any atom is 0.470 e. The van der Waals surface area contributed by atoms with E-state index in [0.717, 1.165) is 12.0 Å². The van der Waals surface area contributed by atoms with Crippen LogP contribution < -0.4 is 5.32 Å². The Hall–Kier alpha value is -2.42. The van der Waals surface area contributed by atoms with Crippen molar-refractivity contribution in [3.63, 3.8) is 0 Å². The number of nitrogens with zero attached hydrogens (tertiary/aromatic N) is 3. The molecule has 0 radical (unpaired) electrons. The van der Waals surface area contributed by atoms with Gasteiger partial charge in [-0.05, 0) is 37.9 Å². The predicted octanol–water partition coefficient (Wildman–Crippen LogP) is 2.63. The first-order valence-corrected chi connectivity index (χ1v) is 8.85. The van der Waals surface area contributed by atoms with Gasteiger partial charge in [0.25, 0.3) is 0 Å². The molecule has 9 heteroatoms. The number of amides is 1. The van der Waals surface area contributed by atoms with E-state index in [1.54, 1.807) is 0 Å². The van der Waals surface area contributed by atoms with Crippen LogP contribution in [0, 0.1) is 0 Å². The molecule has 2 aromatic rings. The Balaban J connectivity index is 1.39. The zero-order valence-corrected chi connectivity index (χ0v) is 14.7. The van der Waals surface area contributed by atoms with Gasteiger partial charge in [-0.25, -0.2) is 0 Å². The van der Waals surface area contributed by atoms with Crippen molar-refractivity contribution in [1.29, 1.82) is 0 Å². The van der Waals surface area contributed by atoms with Gasteiger partial charge in [0, 0.05) is 12.5 Å². The van der Waals surface area contributed by atoms with Gasteiger partial charge in [-0.2, -0.15) is 13.2 Å². The Bertz CT molecular complexity index is 741. The van der Waals surface area contributed by atoms with Crippen LogP contribution in [0.5, 0.6) is 0 Å². The van der Waals surface area contributed by atoms with Crippen molar-refractivity contribution in [3.05, 3.63) is 47.7 Å². The van der Waals surface area contributed by atoms with E-state index in [1.165, 1.54) is 0 Å². The molecule has 146 valence electrons. The van der Waals surface area contributed by atoms with Crippen molar-refractivity contribution >= 4 is 5.91 Å². The highest BCUT2D eigenvalue weighted by molar-refractivity contribution is 5.78. The molecule has 0 bridgehead atoms. The highest BCUT2D eigenvalue weighted by atomic mass is 19.4. The molecular formula is C18H21F3N4O2. The number of rotatable bonds is 6. The third kappa shape index (κ3) is 5.53. The number of piperidine rings is 1. The molecule has 1 aliphatic heterocycles. The number of halogens is 3. The second-order valence-corrected chi connectivity index (χ2v) is 6.58. The standard InChI is InChI=1S/C18H21F3N4O2/c19-18(20,21)17-24-23-16(27-17)14-7-10-25(11-8-14)12-15(26)22-9-6-13-4-2-1-3-5-13/h1-5,14H,6-12H2,(H,22,26). The van der Waals surface area contributed by atoms with Crippen LogP contribution >= 0.6 is 0 Å². The molecule has 27 heavy (non-hydrogen) atoms. The molecule has 1 aliphatic rings. The maximum atomic E-state index is 12.5. The van der Waals surface area contributed by atoms with Crippen LogP contribution in [0.1, 0.15) is 36.1 Å². The summed E-state index contributed by atoms with van der Waals surface area (Å²) in [6.45, 7) is 2.04. The summed E-state index contributed by atoms with van der Waals surface area (Å²) in [5.41, 5.74) is 1.16. The van der Waals surface area contributed by atoms with E-state index in [4.69, 9.17) is 4.42 Å². The first-order chi connectivity index (χ1) is 12.9. The fraction of sp³-hybridized carbons (Fsp3) is 0.500. The van der Waals surface area contributed by atoms with Crippen molar-refractivity contribution in [2.24, 2.45) is 0 Å². The molecule has 1 N–H and O–H groups in total. The molecule has 1 fully saturated rings. The van der Waals surface area contributed by atoms with E-state index in [-0.39, 0.29) is 24.3 Å². The maximum absolute atomic E-state index is 12.5. The van der Waals surface area contributed by atoms with Crippen molar-refractivity contribution in [2.45, 2.75) is 31.4 Å². The van der Waals surface area contributed by atoms with Gasteiger partial charge in [0.15, 0.2) is 0 Å². The lowest BCUT2D eigenvalue weighted by Crippen LogP contribution is -2.41. The molecule has 0 saturated carbocycles. The molecular weight excluding hydrogens is 361 g/mol. The van der Waals surface area contributed by atoms with Gasteiger partial charge in [0.2, 0.25) is 11.8 Å². The van der Waals surface area contributed by atoms with Crippen molar-refractivity contribution in [1.82, 2.24) is 20.4 Å². The van der Waals surface area contributed by atoms with Gasteiger partial charge in [0.1, 0.15) is 0 Å². The highest BCUT2D eigenvalue weighted by Crippen LogP contribution is 2.32. The zero-order chi connectivity index (χ0) is 19.3. The minimum absolute atomic E-state index is 0.0225. The van der Waals surface area contributed by atoms with Crippen molar-refractivity contribution < 1.29 is 22.4 Å². The number of carbonyl (C=O) groups excluding carboxylic acids is 1. The Morgan fingerprint density at radius 3 is 2.52 bits per heavy atom. The molecule has 2 heterocycles. The molecule has 1 aromatic heterocycles. The summed E-state index contributed by atoms with van der Waals surface area (Å²) >= 11 is 0. The Morgan fingerprint density at radius 1 is 1.19 bits per heavy atom. The quantitative estimate of drug-likeness (QED) is 0.832. The minimum atomic E-state index is -4.62. The van der Waals surface area contributed by atoms with Crippen molar-refractivity contribution in [3.8, 4) is 0 Å². The van der Waals surface area contributed by atoms with E-state index in [2.05, 4.69) is 15.5 Å². The Morgan fingerprint density at radius 2 is 1.89 bits per heavy atom. The van der Waals surface area contributed by atoms with Crippen LogP contribution in [-0.2, 0) is 17.4 Å². The van der Waals surface area contributed by atoms with Gasteiger partial charge in [-0.3, -0.25) is 9.69 Å². The van der Waals surface area contributed by atoms with E-state index in [0.29, 0.717) is 32.5 Å². The first kappa shape index (κ1) is 19.3. The smallest absolute Gasteiger partial charge is 0.417 e. The van der Waals surface area contributed by atoms with Crippen LogP contribution in [0.15, 0.2) is 34.7 Å². The number of nitrogens with one attached hydrogen (secondary N) is 1. The topological polar surface area (TPSA) is 71.3 Å². The number of benzene rings is 1. The van der Waals surface area contributed by atoms with E-state index < -0.39 is 12.1 Å². The third-order valence-corrected chi connectivity index (χ3v) is 4.57. The number of aromatic nitrogens is 2. The first-order valence-electron chi connectivity index (χ1n) is 8.85. The summed E-state index contributed by atoms with van der Waals surface area (Å²) in [6.07, 6.45) is -2.69. The summed E-state index contributed by atoms with van der Waals surface area (Å²) in [6, 6.07) is 9.89. The van der Waals surface area contributed by atoms with Crippen molar-refractivity contribution in [2.75, 3.05) is 26.2 Å². The third-order valence-electron chi connectivity index (χ3n) is 4.57. The molecule has 6 nitrogen and oxygen atoms in total. The average Bonchev–Trinajstić information content (AvgIpc) is 3.14. The lowest BCUT2D eigenvalue weighted by atomic mass is 9.97. The van der Waals surface area contributed by atoms with Crippen LogP contribution in [0.3, 0.4) is 0 Å². The number of hydrogen-bond donors (Lipinski definition) is 1. The van der Waals surface area contributed by atoms with E-state index in [1.807, 2.05) is 35.2 Å². The SMILES string of the molecule is O=C(CN1CCC(c2nnc(C(F)(F)F)o2)CC1)NCCc1ccccc1. The van der Waals surface area contributed by atoms with Crippen LogP contribution in [0.25, 0.3) is 0 Å². The molecule has 0 unspecified atom stereocenters. The summed E-state index contributed by atoms with van der Waals surface area (Å²) in [4.78, 5) is 14.0. The van der Waals surface area contributed by atoms with Gasteiger partial charge < -0.3 is 9.73 Å². The minimum Gasteiger partial charge on any atom is -0.417 e. The van der Waals surface area contributed by atoms with Crippen LogP contribution in [-0.4, -0.2) is 47.2 Å². The second-order valence-electron chi connectivity index (χ2n) is 6.58. The molecule has 1 saturated heterocycles. The highest BCUT2D eigenvalue weighted by Gasteiger charge is 2.39. The molecule has 3 rings (SSSR count). The van der Waals surface area contributed by atoms with Gasteiger partial charge >= 0.3 is 12.1 Å². The van der Waals surface area contributed by atoms with Crippen LogP contribution in [0.2, 0.25) is 0 Å². The Labute approximate surface area is 154 Å². The molecule has 1 amide bonds. The molecule has 1 aromatic carbocycles. The predicted molar refractivity (Wildman–Crippen MR) is 90.9 cm³/mol. The summed E-state index contributed by atoms with van der Waals surface area (Å²) in [5, 5.41) is 9.49. The molecule has 0 atom stereocenters. The molecule has 0 aliphatic carbocycles. The monoisotopic (exact) mass is 382 g/mol. The van der Waals surface area contributed by atoms with Gasteiger partial charge in [-0.1, -0.05) is 30.3 Å². The average molecular weight is 382 g/mol. The van der Waals surface area contributed by atoms with E-state index >= 15 is 0 Å². The Kier molecular flexibility index (Phi) is 6.10. The lowest BCUT2D eigenvalue weighted by Gasteiger charge is -2.29. The number of hydrogen-bond acceptors (Lipinski definition) is 5. The van der Waals surface area contributed by atoms with E-state index in [9.17, 15) is 18.0 Å². The molecule has 0 spiro atoms. The number of alkyl halides is 3. The number of carbonyl (C=O) groups is 1. The van der Waals surface area contributed by atoms with Gasteiger partial charge in [-0.15, -0.1) is 10.2 Å². The zero-order valence-electron chi connectivity index (χ0n) is 14.7. The second kappa shape index (κ2) is 8.51. The van der Waals surface area contributed by atoms with Gasteiger partial charge in [0.05, 0.1) is 6.54 Å². The summed E-state index contributed by atoms with van der Waals surface area (Å²) in [7, 11) is 0. The normalized spacial score (nSPS) is 16.4. The largest absolute Gasteiger partial charge is 0.470 e. The fourth-order valence-electron chi connectivity index (χ4n) is 3.10. The lowest BCUT2D eigenvalue weighted by molar-refractivity contribution is -0.157. The van der Waals surface area contributed by atoms with Crippen LogP contribution in [0.4, 0.5) is 13.2 Å². The fourth-order valence-corrected chi connectivity index (χ4v) is 3.10. The number of likely N-dealkylation sites (tertiary alicyclic amines) is 1.